The molecule has 0 aromatic heterocycles. The first-order chi connectivity index (χ1) is 25.7. The Kier molecular flexibility index (Phi) is 17.0. The van der Waals surface area contributed by atoms with E-state index in [2.05, 4.69) is 31.9 Å². The van der Waals surface area contributed by atoms with Crippen LogP contribution in [0, 0.1) is 11.7 Å². The zero-order chi connectivity index (χ0) is 39.8. The number of nitrogens with one attached hydrogen (secondary N) is 6. The molecule has 54 heavy (non-hydrogen) atoms. The lowest BCUT2D eigenvalue weighted by Crippen LogP contribution is -2.60. The second kappa shape index (κ2) is 21.3. The Balaban J connectivity index is 1.95. The molecule has 0 bridgehead atoms. The van der Waals surface area contributed by atoms with Gasteiger partial charge < -0.3 is 48.5 Å². The van der Waals surface area contributed by atoms with E-state index in [0.29, 0.717) is 17.5 Å². The fraction of sp³-hybridized carbons (Fsp3) is 0.486. The van der Waals surface area contributed by atoms with Gasteiger partial charge in [0.25, 0.3) is 0 Å². The van der Waals surface area contributed by atoms with Crippen molar-refractivity contribution < 1.29 is 43.1 Å². The van der Waals surface area contributed by atoms with Crippen LogP contribution in [-0.2, 0) is 46.4 Å². The van der Waals surface area contributed by atoms with Gasteiger partial charge >= 0.3 is 0 Å². The summed E-state index contributed by atoms with van der Waals surface area (Å²) < 4.78 is 14.0. The van der Waals surface area contributed by atoms with Crippen LogP contribution in [0.3, 0.4) is 0 Å². The SMILES string of the molecule is CC(C)C[C@@H]1NC(=O)[C@@H](NC(=O)[C@H](Cc2cccc(F)c2)NC(=O)[C@@H](N)CO)CCCCNC(=O)C[C@@H](C(N)=O)NC(=O)[C@H](Cc2ccccc2)NC1=O. The molecule has 0 aliphatic carbocycles. The number of hydrogen-bond donors (Lipinski definition) is 9. The zero-order valence-electron chi connectivity index (χ0n) is 30.4. The summed E-state index contributed by atoms with van der Waals surface area (Å²) in [5.74, 6) is -6.14. The Morgan fingerprint density at radius 3 is 2.20 bits per heavy atom. The van der Waals surface area contributed by atoms with Gasteiger partial charge in [0.05, 0.1) is 13.0 Å². The maximum Gasteiger partial charge on any atom is 0.243 e. The number of halogens is 1. The number of benzene rings is 2. The van der Waals surface area contributed by atoms with Crippen LogP contribution in [0.1, 0.15) is 57.1 Å². The number of carbonyl (C=O) groups is 7. The Bertz CT molecular complexity index is 1630. The van der Waals surface area contributed by atoms with E-state index in [4.69, 9.17) is 11.5 Å². The predicted octanol–water partition coefficient (Wildman–Crippen LogP) is -1.42. The smallest absolute Gasteiger partial charge is 0.243 e. The summed E-state index contributed by atoms with van der Waals surface area (Å²) in [6.07, 6.45) is 0.116. The van der Waals surface area contributed by atoms with Crippen molar-refractivity contribution in [2.24, 2.45) is 17.4 Å². The summed E-state index contributed by atoms with van der Waals surface area (Å²) in [5, 5.41) is 25.0. The molecular formula is C37H51FN8O8. The van der Waals surface area contributed by atoms with Crippen LogP contribution in [0.5, 0.6) is 0 Å². The molecule has 3 rings (SSSR count). The molecule has 0 unspecified atom stereocenters. The van der Waals surface area contributed by atoms with E-state index in [-0.39, 0.29) is 44.6 Å². The van der Waals surface area contributed by atoms with Crippen LogP contribution in [0.15, 0.2) is 54.6 Å². The van der Waals surface area contributed by atoms with Crippen LogP contribution in [0.25, 0.3) is 0 Å². The van der Waals surface area contributed by atoms with Gasteiger partial charge in [-0.3, -0.25) is 33.6 Å². The van der Waals surface area contributed by atoms with Gasteiger partial charge in [0.1, 0.15) is 42.1 Å². The highest BCUT2D eigenvalue weighted by atomic mass is 19.1. The van der Waals surface area contributed by atoms with Crippen molar-refractivity contribution in [3.05, 3.63) is 71.5 Å². The normalized spacial score (nSPS) is 21.7. The van der Waals surface area contributed by atoms with Gasteiger partial charge in [-0.05, 0) is 54.9 Å². The molecule has 1 fully saturated rings. The van der Waals surface area contributed by atoms with Crippen LogP contribution in [-0.4, -0.2) is 95.9 Å². The molecule has 6 atom stereocenters. The third kappa shape index (κ3) is 14.2. The minimum absolute atomic E-state index is 0.00448. The summed E-state index contributed by atoms with van der Waals surface area (Å²) in [4.78, 5) is 92.9. The highest BCUT2D eigenvalue weighted by Gasteiger charge is 2.33. The predicted molar refractivity (Wildman–Crippen MR) is 195 cm³/mol. The first kappa shape index (κ1) is 43.0. The summed E-state index contributed by atoms with van der Waals surface area (Å²) in [7, 11) is 0. The average molecular weight is 755 g/mol. The largest absolute Gasteiger partial charge is 0.394 e. The number of aliphatic hydroxyl groups is 1. The Hall–Kier alpha value is -5.42. The van der Waals surface area contributed by atoms with Gasteiger partial charge in [-0.15, -0.1) is 0 Å². The topological polar surface area (TPSA) is 264 Å². The molecule has 1 aliphatic heterocycles. The number of carbonyl (C=O) groups excluding carboxylic acids is 7. The van der Waals surface area contributed by atoms with Crippen molar-refractivity contribution in [3.63, 3.8) is 0 Å². The molecule has 11 N–H and O–H groups in total. The van der Waals surface area contributed by atoms with Crippen LogP contribution < -0.4 is 43.4 Å². The molecule has 294 valence electrons. The van der Waals surface area contributed by atoms with E-state index in [9.17, 15) is 43.1 Å². The van der Waals surface area contributed by atoms with Gasteiger partial charge in [0.2, 0.25) is 41.4 Å². The van der Waals surface area contributed by atoms with Gasteiger partial charge in [0, 0.05) is 19.4 Å². The molecule has 1 heterocycles. The zero-order valence-corrected chi connectivity index (χ0v) is 30.4. The summed E-state index contributed by atoms with van der Waals surface area (Å²) in [6.45, 7) is 3.06. The quantitative estimate of drug-likeness (QED) is 0.123. The molecule has 0 radical (unpaired) electrons. The van der Waals surface area contributed by atoms with Crippen molar-refractivity contribution in [3.8, 4) is 0 Å². The van der Waals surface area contributed by atoms with Crippen molar-refractivity contribution in [2.75, 3.05) is 13.2 Å². The first-order valence-electron chi connectivity index (χ1n) is 17.9. The third-order valence-electron chi connectivity index (χ3n) is 8.68. The lowest BCUT2D eigenvalue weighted by Gasteiger charge is -2.28. The molecule has 1 aliphatic rings. The Morgan fingerprint density at radius 2 is 1.56 bits per heavy atom. The van der Waals surface area contributed by atoms with Crippen molar-refractivity contribution >= 4 is 41.4 Å². The summed E-state index contributed by atoms with van der Waals surface area (Å²) in [5.41, 5.74) is 12.2. The van der Waals surface area contributed by atoms with E-state index in [0.717, 1.165) is 0 Å². The molecule has 0 saturated carbocycles. The molecule has 2 aromatic rings. The molecule has 16 nitrogen and oxygen atoms in total. The van der Waals surface area contributed by atoms with Crippen molar-refractivity contribution in [2.45, 2.75) is 95.0 Å². The number of rotatable bonds is 12. The fourth-order valence-corrected chi connectivity index (χ4v) is 5.77. The lowest BCUT2D eigenvalue weighted by atomic mass is 9.99. The van der Waals surface area contributed by atoms with Gasteiger partial charge in [-0.1, -0.05) is 56.3 Å². The van der Waals surface area contributed by atoms with Crippen LogP contribution >= 0.6 is 0 Å². The number of primary amides is 1. The van der Waals surface area contributed by atoms with E-state index < -0.39 is 96.4 Å². The maximum atomic E-state index is 14.0. The second-order valence-corrected chi connectivity index (χ2v) is 13.7. The molecular weight excluding hydrogens is 703 g/mol. The molecule has 1 saturated heterocycles. The van der Waals surface area contributed by atoms with E-state index in [1.807, 2.05) is 13.8 Å². The van der Waals surface area contributed by atoms with E-state index in [1.54, 1.807) is 36.4 Å². The average Bonchev–Trinajstić information content (AvgIpc) is 3.12. The maximum absolute atomic E-state index is 14.0. The van der Waals surface area contributed by atoms with Gasteiger partial charge in [0.15, 0.2) is 0 Å². The second-order valence-electron chi connectivity index (χ2n) is 13.7. The van der Waals surface area contributed by atoms with Crippen molar-refractivity contribution in [1.82, 2.24) is 31.9 Å². The summed E-state index contributed by atoms with van der Waals surface area (Å²) in [6, 6.07) is 6.34. The molecule has 2 aromatic carbocycles. The molecule has 0 spiro atoms. The van der Waals surface area contributed by atoms with Gasteiger partial charge in [-0.2, -0.15) is 0 Å². The van der Waals surface area contributed by atoms with Crippen molar-refractivity contribution in [1.29, 1.82) is 0 Å². The van der Waals surface area contributed by atoms with Crippen LogP contribution in [0.4, 0.5) is 4.39 Å². The van der Waals surface area contributed by atoms with E-state index in [1.165, 1.54) is 18.2 Å². The van der Waals surface area contributed by atoms with Gasteiger partial charge in [-0.25, -0.2) is 4.39 Å². The fourth-order valence-electron chi connectivity index (χ4n) is 5.77. The monoisotopic (exact) mass is 754 g/mol. The molecule has 7 amide bonds. The third-order valence-corrected chi connectivity index (χ3v) is 8.68. The number of hydrogen-bond acceptors (Lipinski definition) is 9. The number of amides is 7. The first-order valence-corrected chi connectivity index (χ1v) is 17.9. The minimum Gasteiger partial charge on any atom is -0.394 e. The number of nitrogens with two attached hydrogens (primary N) is 2. The minimum atomic E-state index is -1.37. The highest BCUT2D eigenvalue weighted by molar-refractivity contribution is 5.97. The molecule has 17 heteroatoms. The van der Waals surface area contributed by atoms with Crippen LogP contribution in [0.2, 0.25) is 0 Å². The standard InChI is InChI=1S/C37H51FN8O8/c1-21(2)15-28-35(52)46-29(17-22-9-4-3-5-10-22)37(54)43-27(32(40)49)19-31(48)41-14-7-6-13-26(34(51)45-28)42-36(53)30(44-33(50)25(39)20-47)18-23-11-8-12-24(38)16-23/h3-5,8-12,16,21,25-30,47H,6-7,13-15,17-20,39H2,1-2H3,(H2,40,49)(H,41,48)(H,42,53)(H,43,54)(H,44,50)(H,45,51)(H,46,52)/t25-,26-,27-,28-,29-,30-/m0/s1. The Morgan fingerprint density at radius 1 is 0.889 bits per heavy atom. The lowest BCUT2D eigenvalue weighted by molar-refractivity contribution is -0.135. The highest BCUT2D eigenvalue weighted by Crippen LogP contribution is 2.12. The number of aliphatic hydroxyl groups excluding tert-OH is 1. The summed E-state index contributed by atoms with van der Waals surface area (Å²) >= 11 is 0. The van der Waals surface area contributed by atoms with E-state index >= 15 is 0 Å². The Labute approximate surface area is 313 Å².